The second kappa shape index (κ2) is 6.02. The third kappa shape index (κ3) is 2.88. The topological polar surface area (TPSA) is 21.3 Å². The van der Waals surface area contributed by atoms with Gasteiger partial charge >= 0.3 is 6.18 Å². The van der Waals surface area contributed by atoms with Crippen LogP contribution in [0.4, 0.5) is 23.2 Å². The van der Waals surface area contributed by atoms with E-state index in [0.717, 1.165) is 25.0 Å². The Morgan fingerprint density at radius 3 is 2.60 bits per heavy atom. The van der Waals surface area contributed by atoms with Gasteiger partial charge in [0.15, 0.2) is 0 Å². The van der Waals surface area contributed by atoms with E-state index in [9.17, 15) is 17.6 Å². The van der Waals surface area contributed by atoms with Crippen molar-refractivity contribution < 1.29 is 22.3 Å². The molecule has 2 heterocycles. The summed E-state index contributed by atoms with van der Waals surface area (Å²) >= 11 is 0. The van der Waals surface area contributed by atoms with Gasteiger partial charge < -0.3 is 10.1 Å². The van der Waals surface area contributed by atoms with Crippen molar-refractivity contribution in [1.82, 2.24) is 0 Å². The van der Waals surface area contributed by atoms with Crippen LogP contribution >= 0.6 is 0 Å². The van der Waals surface area contributed by atoms with Gasteiger partial charge in [0.2, 0.25) is 0 Å². The summed E-state index contributed by atoms with van der Waals surface area (Å²) in [6, 6.07) is 9.80. The lowest BCUT2D eigenvalue weighted by molar-refractivity contribution is -0.137. The fourth-order valence-electron chi connectivity index (χ4n) is 3.88. The quantitative estimate of drug-likeness (QED) is 0.687. The number of ether oxygens (including phenoxy) is 1. The highest BCUT2D eigenvalue weighted by molar-refractivity contribution is 5.58. The van der Waals surface area contributed by atoms with E-state index in [4.69, 9.17) is 4.74 Å². The van der Waals surface area contributed by atoms with Crippen LogP contribution in [0.25, 0.3) is 0 Å². The van der Waals surface area contributed by atoms with Crippen molar-refractivity contribution in [2.24, 2.45) is 5.92 Å². The highest BCUT2D eigenvalue weighted by atomic mass is 19.4. The van der Waals surface area contributed by atoms with Crippen molar-refractivity contribution in [2.45, 2.75) is 31.2 Å². The molecule has 2 aromatic carbocycles. The second-order valence-electron chi connectivity index (χ2n) is 6.54. The summed E-state index contributed by atoms with van der Waals surface area (Å²) in [6.45, 7) is 0.501. The van der Waals surface area contributed by atoms with Crippen LogP contribution in [0.2, 0.25) is 0 Å². The molecule has 1 saturated heterocycles. The Bertz CT molecular complexity index is 789. The molecule has 2 aromatic rings. The normalized spacial score (nSPS) is 25.7. The molecule has 0 radical (unpaired) electrons. The number of hydrogen-bond acceptors (Lipinski definition) is 2. The Balaban J connectivity index is 1.79. The molecule has 0 aromatic heterocycles. The van der Waals surface area contributed by atoms with Crippen LogP contribution in [0, 0.1) is 11.7 Å². The van der Waals surface area contributed by atoms with Gasteiger partial charge in [-0.15, -0.1) is 0 Å². The molecule has 2 aliphatic rings. The molecule has 1 N–H and O–H groups in total. The SMILES string of the molecule is Fc1ccccc1[C@H]1Nc2ccc(C(F)(F)F)cc2[C@@H]2OCCC[C@H]12. The van der Waals surface area contributed by atoms with Crippen molar-refractivity contribution in [1.29, 1.82) is 0 Å². The lowest BCUT2D eigenvalue weighted by atomic mass is 9.77. The average Bonchev–Trinajstić information content (AvgIpc) is 2.60. The minimum absolute atomic E-state index is 0.110. The molecule has 0 aliphatic carbocycles. The van der Waals surface area contributed by atoms with E-state index >= 15 is 0 Å². The molecule has 0 saturated carbocycles. The highest BCUT2D eigenvalue weighted by Gasteiger charge is 2.42. The summed E-state index contributed by atoms with van der Waals surface area (Å²) in [5, 5.41) is 3.24. The zero-order chi connectivity index (χ0) is 17.6. The molecular weight excluding hydrogens is 334 g/mol. The number of rotatable bonds is 1. The van der Waals surface area contributed by atoms with E-state index in [2.05, 4.69) is 5.32 Å². The number of benzene rings is 2. The zero-order valence-electron chi connectivity index (χ0n) is 13.3. The van der Waals surface area contributed by atoms with Gasteiger partial charge in [0.1, 0.15) is 5.82 Å². The maximum atomic E-state index is 14.3. The van der Waals surface area contributed by atoms with E-state index in [1.54, 1.807) is 18.2 Å². The van der Waals surface area contributed by atoms with Crippen molar-refractivity contribution in [3.63, 3.8) is 0 Å². The maximum absolute atomic E-state index is 14.3. The molecule has 4 rings (SSSR count). The van der Waals surface area contributed by atoms with Crippen LogP contribution in [0.1, 0.15) is 41.7 Å². The summed E-state index contributed by atoms with van der Waals surface area (Å²) in [5.74, 6) is -0.429. The minimum Gasteiger partial charge on any atom is -0.377 e. The Morgan fingerprint density at radius 2 is 1.84 bits per heavy atom. The Kier molecular flexibility index (Phi) is 3.95. The van der Waals surface area contributed by atoms with Gasteiger partial charge in [0.05, 0.1) is 17.7 Å². The molecule has 2 nitrogen and oxygen atoms in total. The summed E-state index contributed by atoms with van der Waals surface area (Å²) in [6.07, 6.45) is -3.28. The lowest BCUT2D eigenvalue weighted by Crippen LogP contribution is -2.36. The molecule has 6 heteroatoms. The van der Waals surface area contributed by atoms with Gasteiger partial charge in [-0.25, -0.2) is 4.39 Å². The highest BCUT2D eigenvalue weighted by Crippen LogP contribution is 2.50. The van der Waals surface area contributed by atoms with Crippen LogP contribution in [-0.4, -0.2) is 6.61 Å². The fourth-order valence-corrected chi connectivity index (χ4v) is 3.88. The zero-order valence-corrected chi connectivity index (χ0v) is 13.3. The van der Waals surface area contributed by atoms with Crippen LogP contribution in [-0.2, 0) is 10.9 Å². The number of nitrogens with one attached hydrogen (secondary N) is 1. The largest absolute Gasteiger partial charge is 0.416 e. The molecule has 0 unspecified atom stereocenters. The van der Waals surface area contributed by atoms with Gasteiger partial charge in [-0.2, -0.15) is 13.2 Å². The number of halogens is 4. The lowest BCUT2D eigenvalue weighted by Gasteiger charge is -2.43. The first-order chi connectivity index (χ1) is 11.9. The smallest absolute Gasteiger partial charge is 0.377 e. The summed E-state index contributed by atoms with van der Waals surface area (Å²) < 4.78 is 59.3. The third-order valence-corrected chi connectivity index (χ3v) is 5.03. The summed E-state index contributed by atoms with van der Waals surface area (Å²) in [7, 11) is 0. The molecular formula is C19H17F4NO. The fraction of sp³-hybridized carbons (Fsp3) is 0.368. The first-order valence-corrected chi connectivity index (χ1v) is 8.29. The Hall–Kier alpha value is -2.08. The van der Waals surface area contributed by atoms with E-state index in [1.165, 1.54) is 12.1 Å². The Morgan fingerprint density at radius 1 is 1.04 bits per heavy atom. The van der Waals surface area contributed by atoms with Crippen LogP contribution in [0.5, 0.6) is 0 Å². The van der Waals surface area contributed by atoms with Crippen molar-refractivity contribution in [2.75, 3.05) is 11.9 Å². The third-order valence-electron chi connectivity index (χ3n) is 5.03. The standard InChI is InChI=1S/C19H17F4NO/c20-15-6-2-1-4-12(15)17-13-5-3-9-25-18(13)14-10-11(19(21,22)23)7-8-16(14)24-17/h1-2,4,6-8,10,13,17-18,24H,3,5,9H2/t13-,17-,18-/m1/s1. The number of anilines is 1. The first kappa shape index (κ1) is 16.4. The molecule has 0 amide bonds. The first-order valence-electron chi connectivity index (χ1n) is 8.29. The van der Waals surface area contributed by atoms with Crippen LogP contribution in [0.15, 0.2) is 42.5 Å². The molecule has 2 aliphatic heterocycles. The number of fused-ring (bicyclic) bond motifs is 3. The van der Waals surface area contributed by atoms with Crippen LogP contribution in [0.3, 0.4) is 0 Å². The van der Waals surface area contributed by atoms with E-state index < -0.39 is 17.8 Å². The van der Waals surface area contributed by atoms with E-state index in [-0.39, 0.29) is 17.8 Å². The van der Waals surface area contributed by atoms with Crippen molar-refractivity contribution in [3.05, 3.63) is 65.0 Å². The molecule has 132 valence electrons. The van der Waals surface area contributed by atoms with Gasteiger partial charge in [-0.05, 0) is 37.1 Å². The predicted molar refractivity (Wildman–Crippen MR) is 85.6 cm³/mol. The van der Waals surface area contributed by atoms with Gasteiger partial charge in [0, 0.05) is 29.3 Å². The number of hydrogen-bond donors (Lipinski definition) is 1. The monoisotopic (exact) mass is 351 g/mol. The maximum Gasteiger partial charge on any atom is 0.416 e. The average molecular weight is 351 g/mol. The Labute approximate surface area is 142 Å². The van der Waals surface area contributed by atoms with Gasteiger partial charge in [0.25, 0.3) is 0 Å². The summed E-state index contributed by atoms with van der Waals surface area (Å²) in [4.78, 5) is 0. The van der Waals surface area contributed by atoms with Crippen molar-refractivity contribution >= 4 is 5.69 Å². The summed E-state index contributed by atoms with van der Waals surface area (Å²) in [5.41, 5.74) is 0.912. The minimum atomic E-state index is -4.40. The van der Waals surface area contributed by atoms with Crippen LogP contribution < -0.4 is 5.32 Å². The second-order valence-corrected chi connectivity index (χ2v) is 6.54. The van der Waals surface area contributed by atoms with Crippen molar-refractivity contribution in [3.8, 4) is 0 Å². The predicted octanol–water partition coefficient (Wildman–Crippen LogP) is 5.48. The molecule has 0 spiro atoms. The molecule has 3 atom stereocenters. The molecule has 0 bridgehead atoms. The van der Waals surface area contributed by atoms with Gasteiger partial charge in [-0.1, -0.05) is 18.2 Å². The van der Waals surface area contributed by atoms with E-state index in [1.807, 2.05) is 0 Å². The number of alkyl halides is 3. The molecule has 1 fully saturated rings. The molecule has 25 heavy (non-hydrogen) atoms. The van der Waals surface area contributed by atoms with Gasteiger partial charge in [-0.3, -0.25) is 0 Å². The van der Waals surface area contributed by atoms with E-state index in [0.29, 0.717) is 23.4 Å².